The first-order chi connectivity index (χ1) is 12.7. The molecular formula is C20H27N3O4. The lowest BCUT2D eigenvalue weighted by molar-refractivity contribution is -0.137. The van der Waals surface area contributed by atoms with E-state index in [4.69, 9.17) is 9.84 Å². The van der Waals surface area contributed by atoms with Crippen molar-refractivity contribution in [2.75, 3.05) is 6.61 Å². The molecule has 0 radical (unpaired) electrons. The first-order valence-electron chi connectivity index (χ1n) is 8.93. The van der Waals surface area contributed by atoms with Crippen LogP contribution < -0.4 is 10.1 Å². The molecule has 0 saturated carbocycles. The summed E-state index contributed by atoms with van der Waals surface area (Å²) in [5.74, 6) is -0.320. The van der Waals surface area contributed by atoms with Gasteiger partial charge in [0.2, 0.25) is 0 Å². The van der Waals surface area contributed by atoms with Gasteiger partial charge in [-0.3, -0.25) is 14.3 Å². The van der Waals surface area contributed by atoms with E-state index in [1.165, 1.54) is 0 Å². The van der Waals surface area contributed by atoms with Gasteiger partial charge in [-0.05, 0) is 30.2 Å². The second kappa shape index (κ2) is 8.70. The molecule has 1 heterocycles. The summed E-state index contributed by atoms with van der Waals surface area (Å²) in [4.78, 5) is 22.9. The Kier molecular flexibility index (Phi) is 6.60. The van der Waals surface area contributed by atoms with Gasteiger partial charge >= 0.3 is 5.97 Å². The van der Waals surface area contributed by atoms with Crippen molar-refractivity contribution in [1.29, 1.82) is 0 Å². The molecule has 0 spiro atoms. The number of ether oxygens (including phenoxy) is 1. The summed E-state index contributed by atoms with van der Waals surface area (Å²) in [5.41, 5.74) is 2.23. The van der Waals surface area contributed by atoms with Crippen LogP contribution in [0.5, 0.6) is 5.75 Å². The number of nitrogens with zero attached hydrogens (tertiary/aromatic N) is 2. The van der Waals surface area contributed by atoms with E-state index in [0.29, 0.717) is 31.0 Å². The molecular weight excluding hydrogens is 346 g/mol. The highest BCUT2D eigenvalue weighted by molar-refractivity contribution is 5.92. The molecule has 2 aromatic rings. The van der Waals surface area contributed by atoms with Crippen LogP contribution in [0.25, 0.3) is 0 Å². The summed E-state index contributed by atoms with van der Waals surface area (Å²) in [6.07, 6.45) is 0.559. The first kappa shape index (κ1) is 20.5. The van der Waals surface area contributed by atoms with Gasteiger partial charge in [0.05, 0.1) is 12.3 Å². The van der Waals surface area contributed by atoms with Gasteiger partial charge < -0.3 is 15.2 Å². The SMILES string of the molecule is Cn1nc(C(C)(C)C)cc1C(=O)NCc1ccc(OCCCC(=O)O)cc1. The number of nitrogens with one attached hydrogen (secondary N) is 1. The molecule has 7 heteroatoms. The van der Waals surface area contributed by atoms with Crippen LogP contribution in [0.15, 0.2) is 30.3 Å². The second-order valence-corrected chi connectivity index (χ2v) is 7.46. The van der Waals surface area contributed by atoms with Gasteiger partial charge in [0.15, 0.2) is 0 Å². The number of hydrogen-bond acceptors (Lipinski definition) is 4. The number of aryl methyl sites for hydroxylation is 1. The van der Waals surface area contributed by atoms with E-state index in [-0.39, 0.29) is 17.7 Å². The zero-order valence-corrected chi connectivity index (χ0v) is 16.3. The fourth-order valence-electron chi connectivity index (χ4n) is 2.44. The van der Waals surface area contributed by atoms with Crippen LogP contribution in [0.4, 0.5) is 0 Å². The normalized spacial score (nSPS) is 11.3. The third-order valence-corrected chi connectivity index (χ3v) is 4.06. The van der Waals surface area contributed by atoms with Crippen molar-refractivity contribution in [1.82, 2.24) is 15.1 Å². The molecule has 7 nitrogen and oxygen atoms in total. The quantitative estimate of drug-likeness (QED) is 0.694. The number of hydrogen-bond donors (Lipinski definition) is 2. The number of carboxylic acids is 1. The molecule has 0 aliphatic rings. The molecule has 146 valence electrons. The number of amides is 1. The lowest BCUT2D eigenvalue weighted by atomic mass is 9.92. The molecule has 27 heavy (non-hydrogen) atoms. The van der Waals surface area contributed by atoms with Crippen LogP contribution in [0.1, 0.15) is 55.4 Å². The number of aliphatic carboxylic acids is 1. The molecule has 0 aliphatic heterocycles. The molecule has 0 bridgehead atoms. The number of carboxylic acid groups (broad SMARTS) is 1. The first-order valence-corrected chi connectivity index (χ1v) is 8.93. The van der Waals surface area contributed by atoms with Crippen molar-refractivity contribution < 1.29 is 19.4 Å². The number of rotatable bonds is 8. The van der Waals surface area contributed by atoms with Crippen molar-refractivity contribution in [3.05, 3.63) is 47.3 Å². The van der Waals surface area contributed by atoms with Crippen molar-refractivity contribution in [2.24, 2.45) is 7.05 Å². The minimum absolute atomic E-state index is 0.0923. The highest BCUT2D eigenvalue weighted by atomic mass is 16.5. The average Bonchev–Trinajstić information content (AvgIpc) is 3.00. The lowest BCUT2D eigenvalue weighted by Gasteiger charge is -2.13. The van der Waals surface area contributed by atoms with E-state index < -0.39 is 5.97 Å². The zero-order chi connectivity index (χ0) is 20.0. The fourth-order valence-corrected chi connectivity index (χ4v) is 2.44. The van der Waals surface area contributed by atoms with Gasteiger partial charge in [0, 0.05) is 25.4 Å². The van der Waals surface area contributed by atoms with E-state index in [9.17, 15) is 9.59 Å². The molecule has 1 aromatic heterocycles. The van der Waals surface area contributed by atoms with E-state index in [0.717, 1.165) is 11.3 Å². The minimum atomic E-state index is -0.826. The van der Waals surface area contributed by atoms with Crippen molar-refractivity contribution >= 4 is 11.9 Å². The Hall–Kier alpha value is -2.83. The molecule has 0 saturated heterocycles. The van der Waals surface area contributed by atoms with Crippen LogP contribution >= 0.6 is 0 Å². The molecule has 0 unspecified atom stereocenters. The topological polar surface area (TPSA) is 93.5 Å². The maximum absolute atomic E-state index is 12.4. The maximum atomic E-state index is 12.4. The third kappa shape index (κ3) is 6.13. The molecule has 1 amide bonds. The number of aromatic nitrogens is 2. The minimum Gasteiger partial charge on any atom is -0.494 e. The standard InChI is InChI=1S/C20H27N3O4/c1-20(2,3)17-12-16(23(4)22-17)19(26)21-13-14-7-9-15(10-8-14)27-11-5-6-18(24)25/h7-10,12H,5-6,11,13H2,1-4H3,(H,21,26)(H,24,25). The maximum Gasteiger partial charge on any atom is 0.303 e. The largest absolute Gasteiger partial charge is 0.494 e. The van der Waals surface area contributed by atoms with Gasteiger partial charge in [-0.25, -0.2) is 0 Å². The number of carbonyl (C=O) groups excluding carboxylic acids is 1. The average molecular weight is 373 g/mol. The highest BCUT2D eigenvalue weighted by Gasteiger charge is 2.21. The summed E-state index contributed by atoms with van der Waals surface area (Å²) in [5, 5.41) is 15.9. The summed E-state index contributed by atoms with van der Waals surface area (Å²) < 4.78 is 7.10. The van der Waals surface area contributed by atoms with Crippen LogP contribution in [0.2, 0.25) is 0 Å². The van der Waals surface area contributed by atoms with Gasteiger partial charge in [0.1, 0.15) is 11.4 Å². The smallest absolute Gasteiger partial charge is 0.303 e. The summed E-state index contributed by atoms with van der Waals surface area (Å²) in [6.45, 7) is 6.93. The van der Waals surface area contributed by atoms with E-state index in [1.54, 1.807) is 11.7 Å². The molecule has 1 aromatic carbocycles. The predicted octanol–water partition coefficient (Wildman–Crippen LogP) is 2.89. The lowest BCUT2D eigenvalue weighted by Crippen LogP contribution is -2.25. The van der Waals surface area contributed by atoms with Crippen LogP contribution in [-0.4, -0.2) is 33.4 Å². The van der Waals surface area contributed by atoms with Crippen molar-refractivity contribution in [3.8, 4) is 5.75 Å². The molecule has 0 atom stereocenters. The fraction of sp³-hybridized carbons (Fsp3) is 0.450. The van der Waals surface area contributed by atoms with E-state index in [2.05, 4.69) is 31.2 Å². The summed E-state index contributed by atoms with van der Waals surface area (Å²) in [7, 11) is 1.76. The molecule has 0 aliphatic carbocycles. The number of carbonyl (C=O) groups is 2. The van der Waals surface area contributed by atoms with Crippen LogP contribution in [0, 0.1) is 0 Å². The number of benzene rings is 1. The monoisotopic (exact) mass is 373 g/mol. The Morgan fingerprint density at radius 1 is 1.22 bits per heavy atom. The van der Waals surface area contributed by atoms with Crippen LogP contribution in [0.3, 0.4) is 0 Å². The highest BCUT2D eigenvalue weighted by Crippen LogP contribution is 2.21. The molecule has 0 fully saturated rings. The molecule has 2 rings (SSSR count). The zero-order valence-electron chi connectivity index (χ0n) is 16.3. The predicted molar refractivity (Wildman–Crippen MR) is 102 cm³/mol. The van der Waals surface area contributed by atoms with E-state index in [1.807, 2.05) is 30.3 Å². The summed E-state index contributed by atoms with van der Waals surface area (Å²) >= 11 is 0. The van der Waals surface area contributed by atoms with Crippen molar-refractivity contribution in [3.63, 3.8) is 0 Å². The second-order valence-electron chi connectivity index (χ2n) is 7.46. The summed E-state index contributed by atoms with van der Waals surface area (Å²) in [6, 6.07) is 9.19. The van der Waals surface area contributed by atoms with Gasteiger partial charge in [-0.1, -0.05) is 32.9 Å². The Labute approximate surface area is 159 Å². The van der Waals surface area contributed by atoms with Gasteiger partial charge in [0.25, 0.3) is 5.91 Å². The Bertz CT molecular complexity index is 789. The Morgan fingerprint density at radius 2 is 1.89 bits per heavy atom. The Morgan fingerprint density at radius 3 is 2.44 bits per heavy atom. The third-order valence-electron chi connectivity index (χ3n) is 4.06. The Balaban J connectivity index is 1.86. The van der Waals surface area contributed by atoms with Crippen molar-refractivity contribution in [2.45, 2.75) is 45.6 Å². The van der Waals surface area contributed by atoms with Gasteiger partial charge in [-0.15, -0.1) is 0 Å². The van der Waals surface area contributed by atoms with Crippen LogP contribution in [-0.2, 0) is 23.8 Å². The van der Waals surface area contributed by atoms with Gasteiger partial charge in [-0.2, -0.15) is 5.10 Å². The molecule has 2 N–H and O–H groups in total. The van der Waals surface area contributed by atoms with E-state index >= 15 is 0 Å².